The second-order valence-corrected chi connectivity index (χ2v) is 5.36. The van der Waals surface area contributed by atoms with Gasteiger partial charge in [0.1, 0.15) is 5.54 Å². The zero-order chi connectivity index (χ0) is 11.8. The molecule has 1 fully saturated rings. The molecular weight excluding hydrogens is 270 g/mol. The second kappa shape index (κ2) is 4.09. The third kappa shape index (κ3) is 1.94. The summed E-state index contributed by atoms with van der Waals surface area (Å²) in [5.74, 6) is -0.285. The number of para-hydroxylation sites is 1. The van der Waals surface area contributed by atoms with E-state index < -0.39 is 11.5 Å². The number of aliphatic carboxylic acids is 1. The number of benzene rings is 1. The SMILES string of the molecule is CC1CC(Nc2ccccc2Br)(C(=O)O)C1. The number of rotatable bonds is 3. The Morgan fingerprint density at radius 2 is 2.12 bits per heavy atom. The maximum atomic E-state index is 11.3. The van der Waals surface area contributed by atoms with E-state index in [1.165, 1.54) is 0 Å². The zero-order valence-electron chi connectivity index (χ0n) is 9.03. The highest BCUT2D eigenvalue weighted by Crippen LogP contribution is 2.41. The first-order chi connectivity index (χ1) is 7.53. The monoisotopic (exact) mass is 283 g/mol. The first-order valence-corrected chi connectivity index (χ1v) is 6.09. The van der Waals surface area contributed by atoms with Crippen LogP contribution in [0, 0.1) is 5.92 Å². The van der Waals surface area contributed by atoms with E-state index >= 15 is 0 Å². The van der Waals surface area contributed by atoms with Crippen LogP contribution in [0.3, 0.4) is 0 Å². The van der Waals surface area contributed by atoms with Crippen LogP contribution in [0.1, 0.15) is 19.8 Å². The summed E-state index contributed by atoms with van der Waals surface area (Å²) in [6.45, 7) is 2.07. The van der Waals surface area contributed by atoms with E-state index in [2.05, 4.69) is 28.2 Å². The summed E-state index contributed by atoms with van der Waals surface area (Å²) >= 11 is 3.41. The first kappa shape index (κ1) is 11.5. The molecule has 86 valence electrons. The highest BCUT2D eigenvalue weighted by atomic mass is 79.9. The molecule has 1 aromatic carbocycles. The standard InChI is InChI=1S/C12H14BrNO2/c1-8-6-12(7-8,11(15)16)14-10-5-3-2-4-9(10)13/h2-5,8,14H,6-7H2,1H3,(H,15,16). The lowest BCUT2D eigenvalue weighted by Gasteiger charge is -2.44. The summed E-state index contributed by atoms with van der Waals surface area (Å²) in [4.78, 5) is 11.3. The molecule has 1 aliphatic rings. The number of nitrogens with one attached hydrogen (secondary N) is 1. The van der Waals surface area contributed by atoms with Crippen molar-refractivity contribution in [3.05, 3.63) is 28.7 Å². The van der Waals surface area contributed by atoms with E-state index in [0.717, 1.165) is 10.2 Å². The number of carboxylic acid groups (broad SMARTS) is 1. The van der Waals surface area contributed by atoms with Crippen LogP contribution < -0.4 is 5.32 Å². The number of halogens is 1. The van der Waals surface area contributed by atoms with Gasteiger partial charge in [0.05, 0.1) is 0 Å². The van der Waals surface area contributed by atoms with Crippen molar-refractivity contribution >= 4 is 27.6 Å². The molecule has 4 heteroatoms. The summed E-state index contributed by atoms with van der Waals surface area (Å²) in [5, 5.41) is 12.4. The molecule has 3 nitrogen and oxygen atoms in total. The van der Waals surface area contributed by atoms with Gasteiger partial charge in [0, 0.05) is 10.2 Å². The molecule has 2 rings (SSSR count). The minimum atomic E-state index is -0.775. The molecule has 0 amide bonds. The molecule has 0 aliphatic heterocycles. The van der Waals surface area contributed by atoms with Crippen LogP contribution in [-0.4, -0.2) is 16.6 Å². The number of carbonyl (C=O) groups is 1. The molecule has 16 heavy (non-hydrogen) atoms. The third-order valence-corrected chi connectivity index (χ3v) is 3.74. The van der Waals surface area contributed by atoms with Crippen LogP contribution in [0.4, 0.5) is 5.69 Å². The van der Waals surface area contributed by atoms with Gasteiger partial charge >= 0.3 is 5.97 Å². The Labute approximate surface area is 103 Å². The number of hydrogen-bond donors (Lipinski definition) is 2. The average Bonchev–Trinajstić information content (AvgIpc) is 2.18. The van der Waals surface area contributed by atoms with Crippen LogP contribution in [0.15, 0.2) is 28.7 Å². The van der Waals surface area contributed by atoms with E-state index in [1.807, 2.05) is 24.3 Å². The molecule has 0 saturated heterocycles. The Kier molecular flexibility index (Phi) is 2.93. The highest BCUT2D eigenvalue weighted by Gasteiger charge is 2.48. The van der Waals surface area contributed by atoms with Crippen LogP contribution in [0.2, 0.25) is 0 Å². The lowest BCUT2D eigenvalue weighted by Crippen LogP contribution is -2.55. The number of anilines is 1. The van der Waals surface area contributed by atoms with Gasteiger partial charge in [0.15, 0.2) is 0 Å². The van der Waals surface area contributed by atoms with Gasteiger partial charge in [-0.15, -0.1) is 0 Å². The van der Waals surface area contributed by atoms with E-state index in [0.29, 0.717) is 18.8 Å². The Bertz CT molecular complexity index is 413. The fraction of sp³-hybridized carbons (Fsp3) is 0.417. The van der Waals surface area contributed by atoms with Gasteiger partial charge in [-0.1, -0.05) is 19.1 Å². The fourth-order valence-electron chi connectivity index (χ4n) is 2.28. The third-order valence-electron chi connectivity index (χ3n) is 3.05. The molecule has 0 atom stereocenters. The molecular formula is C12H14BrNO2. The van der Waals surface area contributed by atoms with Gasteiger partial charge in [-0.2, -0.15) is 0 Å². The van der Waals surface area contributed by atoms with Gasteiger partial charge < -0.3 is 10.4 Å². The van der Waals surface area contributed by atoms with Crippen molar-refractivity contribution in [2.24, 2.45) is 5.92 Å². The number of carboxylic acids is 1. The predicted octanol–water partition coefficient (Wildman–Crippen LogP) is 3.11. The summed E-state index contributed by atoms with van der Waals surface area (Å²) in [5.41, 5.74) is 0.0697. The summed E-state index contributed by atoms with van der Waals surface area (Å²) in [6, 6.07) is 7.59. The molecule has 0 bridgehead atoms. The van der Waals surface area contributed by atoms with Crippen LogP contribution in [-0.2, 0) is 4.79 Å². The van der Waals surface area contributed by atoms with Gasteiger partial charge in [-0.3, -0.25) is 0 Å². The Morgan fingerprint density at radius 3 is 2.62 bits per heavy atom. The largest absolute Gasteiger partial charge is 0.480 e. The Morgan fingerprint density at radius 1 is 1.50 bits per heavy atom. The van der Waals surface area contributed by atoms with Gasteiger partial charge in [-0.05, 0) is 46.8 Å². The van der Waals surface area contributed by atoms with Crippen molar-refractivity contribution in [1.82, 2.24) is 0 Å². The minimum absolute atomic E-state index is 0.478. The van der Waals surface area contributed by atoms with Gasteiger partial charge in [0.2, 0.25) is 0 Å². The van der Waals surface area contributed by atoms with E-state index in [9.17, 15) is 9.90 Å². The van der Waals surface area contributed by atoms with Crippen molar-refractivity contribution in [3.8, 4) is 0 Å². The van der Waals surface area contributed by atoms with Gasteiger partial charge in [0.25, 0.3) is 0 Å². The molecule has 2 N–H and O–H groups in total. The molecule has 0 unspecified atom stereocenters. The summed E-state index contributed by atoms with van der Waals surface area (Å²) < 4.78 is 0.898. The zero-order valence-corrected chi connectivity index (χ0v) is 10.6. The van der Waals surface area contributed by atoms with Crippen LogP contribution in [0.25, 0.3) is 0 Å². The first-order valence-electron chi connectivity index (χ1n) is 5.30. The smallest absolute Gasteiger partial charge is 0.329 e. The average molecular weight is 284 g/mol. The highest BCUT2D eigenvalue weighted by molar-refractivity contribution is 9.10. The molecule has 0 aromatic heterocycles. The Balaban J connectivity index is 2.20. The second-order valence-electron chi connectivity index (χ2n) is 4.51. The van der Waals surface area contributed by atoms with Crippen molar-refractivity contribution < 1.29 is 9.90 Å². The van der Waals surface area contributed by atoms with E-state index in [4.69, 9.17) is 0 Å². The maximum absolute atomic E-state index is 11.3. The Hall–Kier alpha value is -1.03. The van der Waals surface area contributed by atoms with Crippen molar-refractivity contribution in [3.63, 3.8) is 0 Å². The van der Waals surface area contributed by atoms with Crippen LogP contribution >= 0.6 is 15.9 Å². The predicted molar refractivity (Wildman–Crippen MR) is 66.5 cm³/mol. The summed E-state index contributed by atoms with van der Waals surface area (Å²) in [7, 11) is 0. The topological polar surface area (TPSA) is 49.3 Å². The number of hydrogen-bond acceptors (Lipinski definition) is 2. The van der Waals surface area contributed by atoms with Gasteiger partial charge in [-0.25, -0.2) is 4.79 Å². The van der Waals surface area contributed by atoms with Crippen molar-refractivity contribution in [2.45, 2.75) is 25.3 Å². The minimum Gasteiger partial charge on any atom is -0.480 e. The molecule has 1 aromatic rings. The summed E-state index contributed by atoms with van der Waals surface area (Å²) in [6.07, 6.45) is 1.37. The van der Waals surface area contributed by atoms with Crippen molar-refractivity contribution in [2.75, 3.05) is 5.32 Å². The normalized spacial score (nSPS) is 28.2. The molecule has 1 aliphatic carbocycles. The van der Waals surface area contributed by atoms with E-state index in [-0.39, 0.29) is 0 Å². The lowest BCUT2D eigenvalue weighted by atomic mass is 9.69. The fourth-order valence-corrected chi connectivity index (χ4v) is 2.66. The maximum Gasteiger partial charge on any atom is 0.329 e. The van der Waals surface area contributed by atoms with Crippen LogP contribution in [0.5, 0.6) is 0 Å². The lowest BCUT2D eigenvalue weighted by molar-refractivity contribution is -0.147. The molecule has 0 spiro atoms. The quantitative estimate of drug-likeness (QED) is 0.896. The van der Waals surface area contributed by atoms with E-state index in [1.54, 1.807) is 0 Å². The molecule has 0 heterocycles. The molecule has 0 radical (unpaired) electrons. The van der Waals surface area contributed by atoms with Crippen molar-refractivity contribution in [1.29, 1.82) is 0 Å². The molecule has 1 saturated carbocycles.